The van der Waals surface area contributed by atoms with Crippen LogP contribution in [0.1, 0.15) is 57.6 Å². The van der Waals surface area contributed by atoms with Crippen molar-refractivity contribution in [1.29, 1.82) is 0 Å². The number of hydrogen-bond donors (Lipinski definition) is 1. The Kier molecular flexibility index (Phi) is 8.47. The smallest absolute Gasteiger partial charge is 0.115 e. The second kappa shape index (κ2) is 10.2. The molecule has 0 spiro atoms. The highest BCUT2D eigenvalue weighted by Crippen LogP contribution is 2.06. The first kappa shape index (κ1) is 14.1. The molecule has 96 valence electrons. The van der Waals surface area contributed by atoms with Crippen molar-refractivity contribution in [3.8, 4) is 0 Å². The minimum absolute atomic E-state index is 0.859. The molecule has 1 heterocycles. The van der Waals surface area contributed by atoms with Gasteiger partial charge in [0.15, 0.2) is 0 Å². The SMILES string of the molecule is CCCCCCCCCNCc1ccncn1. The summed E-state index contributed by atoms with van der Waals surface area (Å²) < 4.78 is 0. The predicted molar refractivity (Wildman–Crippen MR) is 71.7 cm³/mol. The van der Waals surface area contributed by atoms with Crippen LogP contribution < -0.4 is 5.32 Å². The van der Waals surface area contributed by atoms with Gasteiger partial charge < -0.3 is 5.32 Å². The van der Waals surface area contributed by atoms with Gasteiger partial charge in [-0.3, -0.25) is 0 Å². The molecule has 0 amide bonds. The number of aromatic nitrogens is 2. The Bertz CT molecular complexity index is 261. The van der Waals surface area contributed by atoms with E-state index in [1.54, 1.807) is 12.5 Å². The lowest BCUT2D eigenvalue weighted by atomic mass is 10.1. The molecule has 3 nitrogen and oxygen atoms in total. The maximum Gasteiger partial charge on any atom is 0.115 e. The molecule has 3 heteroatoms. The Morgan fingerprint density at radius 3 is 2.53 bits per heavy atom. The molecule has 0 unspecified atom stereocenters. The van der Waals surface area contributed by atoms with Crippen molar-refractivity contribution < 1.29 is 0 Å². The summed E-state index contributed by atoms with van der Waals surface area (Å²) in [6.07, 6.45) is 12.9. The Labute approximate surface area is 105 Å². The average molecular weight is 235 g/mol. The van der Waals surface area contributed by atoms with Crippen molar-refractivity contribution in [2.75, 3.05) is 6.54 Å². The zero-order valence-corrected chi connectivity index (χ0v) is 11.0. The van der Waals surface area contributed by atoms with E-state index in [2.05, 4.69) is 22.2 Å². The van der Waals surface area contributed by atoms with E-state index in [-0.39, 0.29) is 0 Å². The third-order valence-electron chi connectivity index (χ3n) is 2.91. The number of hydrogen-bond acceptors (Lipinski definition) is 3. The lowest BCUT2D eigenvalue weighted by Gasteiger charge is -2.04. The highest BCUT2D eigenvalue weighted by atomic mass is 14.9. The molecule has 0 aromatic carbocycles. The maximum atomic E-state index is 4.17. The molecule has 0 aliphatic heterocycles. The third kappa shape index (κ3) is 7.86. The van der Waals surface area contributed by atoms with Crippen LogP contribution in [0, 0.1) is 0 Å². The molecular weight excluding hydrogens is 210 g/mol. The van der Waals surface area contributed by atoms with Gasteiger partial charge in [0.25, 0.3) is 0 Å². The van der Waals surface area contributed by atoms with Crippen molar-refractivity contribution in [2.45, 2.75) is 58.4 Å². The van der Waals surface area contributed by atoms with Gasteiger partial charge in [-0.25, -0.2) is 9.97 Å². The summed E-state index contributed by atoms with van der Waals surface area (Å²) in [5.41, 5.74) is 1.07. The summed E-state index contributed by atoms with van der Waals surface area (Å²) in [7, 11) is 0. The van der Waals surface area contributed by atoms with Crippen LogP contribution >= 0.6 is 0 Å². The molecule has 0 fully saturated rings. The zero-order chi connectivity index (χ0) is 12.2. The van der Waals surface area contributed by atoms with Crippen molar-refractivity contribution in [2.24, 2.45) is 0 Å². The first-order valence-electron chi connectivity index (χ1n) is 6.89. The molecule has 0 saturated heterocycles. The van der Waals surface area contributed by atoms with E-state index in [0.717, 1.165) is 18.8 Å². The van der Waals surface area contributed by atoms with Crippen LogP contribution in [-0.2, 0) is 6.54 Å². The first-order valence-corrected chi connectivity index (χ1v) is 6.89. The van der Waals surface area contributed by atoms with E-state index >= 15 is 0 Å². The lowest BCUT2D eigenvalue weighted by molar-refractivity contribution is 0.560. The summed E-state index contributed by atoms with van der Waals surface area (Å²) in [4.78, 5) is 8.07. The van der Waals surface area contributed by atoms with Gasteiger partial charge in [-0.1, -0.05) is 45.4 Å². The van der Waals surface area contributed by atoms with Gasteiger partial charge in [-0.2, -0.15) is 0 Å². The summed E-state index contributed by atoms with van der Waals surface area (Å²) in [6, 6.07) is 1.96. The molecule has 0 radical (unpaired) electrons. The van der Waals surface area contributed by atoms with Crippen LogP contribution in [0.4, 0.5) is 0 Å². The Balaban J connectivity index is 1.85. The lowest BCUT2D eigenvalue weighted by Crippen LogP contribution is -2.15. The van der Waals surface area contributed by atoms with E-state index in [4.69, 9.17) is 0 Å². The summed E-state index contributed by atoms with van der Waals surface area (Å²) in [6.45, 7) is 4.22. The predicted octanol–water partition coefficient (Wildman–Crippen LogP) is 3.32. The number of rotatable bonds is 10. The molecule has 0 atom stereocenters. The zero-order valence-electron chi connectivity index (χ0n) is 11.0. The Morgan fingerprint density at radius 2 is 1.82 bits per heavy atom. The van der Waals surface area contributed by atoms with Gasteiger partial charge in [0.1, 0.15) is 6.33 Å². The van der Waals surface area contributed by atoms with Crippen LogP contribution in [-0.4, -0.2) is 16.5 Å². The molecule has 0 saturated carbocycles. The van der Waals surface area contributed by atoms with Crippen molar-refractivity contribution in [1.82, 2.24) is 15.3 Å². The molecule has 0 aliphatic carbocycles. The molecule has 1 aromatic heterocycles. The summed E-state index contributed by atoms with van der Waals surface area (Å²) in [5, 5.41) is 3.41. The van der Waals surface area contributed by atoms with Crippen LogP contribution in [0.25, 0.3) is 0 Å². The number of nitrogens with zero attached hydrogens (tertiary/aromatic N) is 2. The van der Waals surface area contributed by atoms with E-state index < -0.39 is 0 Å². The summed E-state index contributed by atoms with van der Waals surface area (Å²) in [5.74, 6) is 0. The maximum absolute atomic E-state index is 4.17. The summed E-state index contributed by atoms with van der Waals surface area (Å²) >= 11 is 0. The molecule has 1 rings (SSSR count). The average Bonchev–Trinajstić information content (AvgIpc) is 2.38. The van der Waals surface area contributed by atoms with E-state index in [0.29, 0.717) is 0 Å². The van der Waals surface area contributed by atoms with Crippen LogP contribution in [0.15, 0.2) is 18.6 Å². The van der Waals surface area contributed by atoms with E-state index in [1.165, 1.54) is 44.9 Å². The van der Waals surface area contributed by atoms with Gasteiger partial charge in [0.05, 0.1) is 5.69 Å². The topological polar surface area (TPSA) is 37.8 Å². The number of unbranched alkanes of at least 4 members (excludes halogenated alkanes) is 6. The second-order valence-corrected chi connectivity index (χ2v) is 4.50. The quantitative estimate of drug-likeness (QED) is 0.632. The molecule has 0 aliphatic rings. The van der Waals surface area contributed by atoms with Crippen LogP contribution in [0.5, 0.6) is 0 Å². The molecule has 0 bridgehead atoms. The fourth-order valence-corrected chi connectivity index (χ4v) is 1.85. The van der Waals surface area contributed by atoms with Gasteiger partial charge in [-0.15, -0.1) is 0 Å². The highest BCUT2D eigenvalue weighted by molar-refractivity contribution is 4.96. The van der Waals surface area contributed by atoms with E-state index in [1.807, 2.05) is 6.07 Å². The van der Waals surface area contributed by atoms with Crippen molar-refractivity contribution in [3.05, 3.63) is 24.3 Å². The normalized spacial score (nSPS) is 10.6. The number of nitrogens with one attached hydrogen (secondary N) is 1. The standard InChI is InChI=1S/C14H25N3/c1-2-3-4-5-6-7-8-10-15-12-14-9-11-16-13-17-14/h9,11,13,15H,2-8,10,12H2,1H3. The monoisotopic (exact) mass is 235 g/mol. The highest BCUT2D eigenvalue weighted by Gasteiger charge is 1.93. The fourth-order valence-electron chi connectivity index (χ4n) is 1.85. The molecule has 1 N–H and O–H groups in total. The van der Waals surface area contributed by atoms with Gasteiger partial charge in [0, 0.05) is 12.7 Å². The second-order valence-electron chi connectivity index (χ2n) is 4.50. The van der Waals surface area contributed by atoms with Gasteiger partial charge in [-0.05, 0) is 19.0 Å². The largest absolute Gasteiger partial charge is 0.311 e. The van der Waals surface area contributed by atoms with Crippen LogP contribution in [0.3, 0.4) is 0 Å². The Hall–Kier alpha value is -0.960. The fraction of sp³-hybridized carbons (Fsp3) is 0.714. The third-order valence-corrected chi connectivity index (χ3v) is 2.91. The van der Waals surface area contributed by atoms with Crippen molar-refractivity contribution >= 4 is 0 Å². The van der Waals surface area contributed by atoms with Crippen LogP contribution in [0.2, 0.25) is 0 Å². The van der Waals surface area contributed by atoms with E-state index in [9.17, 15) is 0 Å². The molecular formula is C14H25N3. The molecule has 17 heavy (non-hydrogen) atoms. The Morgan fingerprint density at radius 1 is 1.06 bits per heavy atom. The van der Waals surface area contributed by atoms with Crippen molar-refractivity contribution in [3.63, 3.8) is 0 Å². The minimum Gasteiger partial charge on any atom is -0.311 e. The minimum atomic E-state index is 0.859. The van der Waals surface area contributed by atoms with Gasteiger partial charge in [0.2, 0.25) is 0 Å². The first-order chi connectivity index (χ1) is 8.43. The molecule has 1 aromatic rings. The van der Waals surface area contributed by atoms with Gasteiger partial charge >= 0.3 is 0 Å².